The fourth-order valence-electron chi connectivity index (χ4n) is 1.90. The van der Waals surface area contributed by atoms with E-state index in [1.54, 1.807) is 0 Å². The van der Waals surface area contributed by atoms with Gasteiger partial charge in [-0.15, -0.1) is 0 Å². The van der Waals surface area contributed by atoms with Crippen LogP contribution in [0.3, 0.4) is 0 Å². The fraction of sp³-hybridized carbons (Fsp3) is 0.364. The topological polar surface area (TPSA) is 38.3 Å². The van der Waals surface area contributed by atoms with Crippen LogP contribution in [0.15, 0.2) is 18.2 Å². The van der Waals surface area contributed by atoms with Gasteiger partial charge in [0.15, 0.2) is 0 Å². The quantitative estimate of drug-likeness (QED) is 0.746. The molecule has 15 heavy (non-hydrogen) atoms. The van der Waals surface area contributed by atoms with Gasteiger partial charge in [0, 0.05) is 6.54 Å². The minimum atomic E-state index is -0.194. The molecule has 0 radical (unpaired) electrons. The molecule has 2 rings (SSSR count). The Labute approximate surface area is 93.4 Å². The van der Waals surface area contributed by atoms with Gasteiger partial charge in [0.05, 0.1) is 23.7 Å². The molecule has 1 aliphatic rings. The fourth-order valence-corrected chi connectivity index (χ4v) is 2.15. The molecule has 0 fully saturated rings. The van der Waals surface area contributed by atoms with Crippen LogP contribution < -0.4 is 5.32 Å². The van der Waals surface area contributed by atoms with Crippen molar-refractivity contribution >= 4 is 23.3 Å². The van der Waals surface area contributed by atoms with E-state index in [2.05, 4.69) is 5.32 Å². The number of esters is 1. The molecule has 1 heterocycles. The van der Waals surface area contributed by atoms with Crippen LogP contribution in [0.25, 0.3) is 0 Å². The molecule has 0 aliphatic carbocycles. The summed E-state index contributed by atoms with van der Waals surface area (Å²) in [4.78, 5) is 11.5. The Balaban J connectivity index is 2.42. The lowest BCUT2D eigenvalue weighted by atomic mass is 9.91. The van der Waals surface area contributed by atoms with Gasteiger partial charge in [-0.25, -0.2) is 0 Å². The molecule has 1 atom stereocenters. The van der Waals surface area contributed by atoms with E-state index in [9.17, 15) is 4.79 Å². The van der Waals surface area contributed by atoms with Crippen molar-refractivity contribution in [3.8, 4) is 0 Å². The third-order valence-electron chi connectivity index (χ3n) is 2.64. The zero-order valence-corrected chi connectivity index (χ0v) is 9.17. The van der Waals surface area contributed by atoms with Gasteiger partial charge in [-0.1, -0.05) is 23.7 Å². The van der Waals surface area contributed by atoms with E-state index in [4.69, 9.17) is 16.3 Å². The minimum Gasteiger partial charge on any atom is -0.469 e. The van der Waals surface area contributed by atoms with Crippen LogP contribution in [0, 0.1) is 0 Å². The number of anilines is 1. The van der Waals surface area contributed by atoms with E-state index >= 15 is 0 Å². The molecule has 0 amide bonds. The average Bonchev–Trinajstić information content (AvgIpc) is 2.28. The summed E-state index contributed by atoms with van der Waals surface area (Å²) >= 11 is 6.04. The minimum absolute atomic E-state index is 0.190. The number of hydrogen-bond donors (Lipinski definition) is 1. The number of nitrogens with one attached hydrogen (secondary N) is 1. The third-order valence-corrected chi connectivity index (χ3v) is 2.96. The largest absolute Gasteiger partial charge is 0.469 e. The molecular formula is C11H12ClNO2. The normalized spacial score (nSPS) is 18.9. The van der Waals surface area contributed by atoms with Crippen LogP contribution in [-0.4, -0.2) is 19.6 Å². The van der Waals surface area contributed by atoms with E-state index in [1.165, 1.54) is 7.11 Å². The zero-order chi connectivity index (χ0) is 10.8. The number of fused-ring (bicyclic) bond motifs is 1. The van der Waals surface area contributed by atoms with Gasteiger partial charge in [-0.05, 0) is 18.1 Å². The SMILES string of the molecule is COC(=O)C1CCNc2c(Cl)cccc21. The first kappa shape index (κ1) is 10.3. The predicted octanol–water partition coefficient (Wildman–Crippen LogP) is 2.41. The predicted molar refractivity (Wildman–Crippen MR) is 59.3 cm³/mol. The number of methoxy groups -OCH3 is 1. The Bertz CT molecular complexity index is 392. The van der Waals surface area contributed by atoms with Crippen LogP contribution in [0.1, 0.15) is 17.9 Å². The maximum Gasteiger partial charge on any atom is 0.313 e. The number of halogens is 1. The summed E-state index contributed by atoms with van der Waals surface area (Å²) in [6.07, 6.45) is 0.750. The molecule has 3 nitrogen and oxygen atoms in total. The number of carbonyl (C=O) groups is 1. The Morgan fingerprint density at radius 3 is 3.13 bits per heavy atom. The lowest BCUT2D eigenvalue weighted by Crippen LogP contribution is -2.24. The Hall–Kier alpha value is -1.22. The number of carbonyl (C=O) groups excluding carboxylic acids is 1. The standard InChI is InChI=1S/C11H12ClNO2/c1-15-11(14)8-5-6-13-10-7(8)3-2-4-9(10)12/h2-4,8,13H,5-6H2,1H3. The maximum atomic E-state index is 11.5. The van der Waals surface area contributed by atoms with Crippen LogP contribution in [0.2, 0.25) is 5.02 Å². The third kappa shape index (κ3) is 1.79. The molecule has 1 N–H and O–H groups in total. The molecule has 0 aromatic heterocycles. The molecule has 80 valence electrons. The van der Waals surface area contributed by atoms with E-state index in [0.717, 1.165) is 24.2 Å². The van der Waals surface area contributed by atoms with Crippen molar-refractivity contribution in [2.45, 2.75) is 12.3 Å². The zero-order valence-electron chi connectivity index (χ0n) is 8.42. The molecule has 1 aromatic rings. The Morgan fingerprint density at radius 1 is 1.60 bits per heavy atom. The maximum absolute atomic E-state index is 11.5. The van der Waals surface area contributed by atoms with E-state index in [1.807, 2.05) is 18.2 Å². The highest BCUT2D eigenvalue weighted by Gasteiger charge is 2.27. The van der Waals surface area contributed by atoms with Crippen molar-refractivity contribution in [1.82, 2.24) is 0 Å². The first-order valence-electron chi connectivity index (χ1n) is 4.84. The molecule has 1 unspecified atom stereocenters. The van der Waals surface area contributed by atoms with Crippen molar-refractivity contribution < 1.29 is 9.53 Å². The Morgan fingerprint density at radius 2 is 2.40 bits per heavy atom. The van der Waals surface area contributed by atoms with Crippen LogP contribution in [0.5, 0.6) is 0 Å². The summed E-state index contributed by atoms with van der Waals surface area (Å²) < 4.78 is 4.78. The highest BCUT2D eigenvalue weighted by atomic mass is 35.5. The second-order valence-electron chi connectivity index (χ2n) is 3.50. The molecule has 1 aliphatic heterocycles. The smallest absolute Gasteiger partial charge is 0.313 e. The summed E-state index contributed by atoms with van der Waals surface area (Å²) in [7, 11) is 1.41. The summed E-state index contributed by atoms with van der Waals surface area (Å²) in [6.45, 7) is 0.747. The van der Waals surface area contributed by atoms with Gasteiger partial charge in [0.25, 0.3) is 0 Å². The second kappa shape index (κ2) is 4.11. The number of hydrogen-bond acceptors (Lipinski definition) is 3. The van der Waals surface area contributed by atoms with Gasteiger partial charge < -0.3 is 10.1 Å². The molecule has 0 bridgehead atoms. The highest BCUT2D eigenvalue weighted by molar-refractivity contribution is 6.33. The Kier molecular flexibility index (Phi) is 2.82. The van der Waals surface area contributed by atoms with Crippen molar-refractivity contribution in [3.63, 3.8) is 0 Å². The van der Waals surface area contributed by atoms with Crippen molar-refractivity contribution in [2.24, 2.45) is 0 Å². The molecular weight excluding hydrogens is 214 g/mol. The molecule has 1 aromatic carbocycles. The van der Waals surface area contributed by atoms with Crippen LogP contribution >= 0.6 is 11.6 Å². The second-order valence-corrected chi connectivity index (χ2v) is 3.90. The van der Waals surface area contributed by atoms with Gasteiger partial charge >= 0.3 is 5.97 Å². The lowest BCUT2D eigenvalue weighted by molar-refractivity contribution is -0.142. The van der Waals surface area contributed by atoms with Gasteiger partial charge in [0.1, 0.15) is 0 Å². The molecule has 4 heteroatoms. The van der Waals surface area contributed by atoms with Gasteiger partial charge in [-0.2, -0.15) is 0 Å². The van der Waals surface area contributed by atoms with Gasteiger partial charge in [0.2, 0.25) is 0 Å². The summed E-state index contributed by atoms with van der Waals surface area (Å²) in [5.41, 5.74) is 1.79. The number of rotatable bonds is 1. The number of para-hydroxylation sites is 1. The van der Waals surface area contributed by atoms with Crippen molar-refractivity contribution in [3.05, 3.63) is 28.8 Å². The van der Waals surface area contributed by atoms with Crippen LogP contribution in [-0.2, 0) is 9.53 Å². The number of benzene rings is 1. The van der Waals surface area contributed by atoms with E-state index < -0.39 is 0 Å². The average molecular weight is 226 g/mol. The van der Waals surface area contributed by atoms with Gasteiger partial charge in [-0.3, -0.25) is 4.79 Å². The summed E-state index contributed by atoms with van der Waals surface area (Å²) in [5.74, 6) is -0.384. The first-order chi connectivity index (χ1) is 7.24. The molecule has 0 spiro atoms. The number of ether oxygens (including phenoxy) is 1. The monoisotopic (exact) mass is 225 g/mol. The van der Waals surface area contributed by atoms with Crippen molar-refractivity contribution in [1.29, 1.82) is 0 Å². The summed E-state index contributed by atoms with van der Waals surface area (Å²) in [6, 6.07) is 5.58. The first-order valence-corrected chi connectivity index (χ1v) is 5.22. The van der Waals surface area contributed by atoms with Crippen molar-refractivity contribution in [2.75, 3.05) is 19.0 Å². The van der Waals surface area contributed by atoms with Crippen LogP contribution in [0.4, 0.5) is 5.69 Å². The van der Waals surface area contributed by atoms with E-state index in [0.29, 0.717) is 5.02 Å². The molecule has 0 saturated heterocycles. The van der Waals surface area contributed by atoms with E-state index in [-0.39, 0.29) is 11.9 Å². The highest BCUT2D eigenvalue weighted by Crippen LogP contribution is 2.36. The lowest BCUT2D eigenvalue weighted by Gasteiger charge is -2.25. The molecule has 0 saturated carbocycles. The summed E-state index contributed by atoms with van der Waals surface area (Å²) in [5, 5.41) is 3.85.